The Hall–Kier alpha value is -3.99. The number of hydrogen-bond acceptors (Lipinski definition) is 7. The third-order valence-corrected chi connectivity index (χ3v) is 4.73. The van der Waals surface area contributed by atoms with Crippen LogP contribution >= 0.6 is 0 Å². The lowest BCUT2D eigenvalue weighted by molar-refractivity contribution is -0.384. The topological polar surface area (TPSA) is 151 Å². The van der Waals surface area contributed by atoms with Gasteiger partial charge in [-0.15, -0.1) is 0 Å². The number of non-ortho nitro benzene ring substituents is 1. The van der Waals surface area contributed by atoms with Gasteiger partial charge >= 0.3 is 11.9 Å². The number of methoxy groups -OCH3 is 1. The van der Waals surface area contributed by atoms with E-state index in [1.165, 1.54) is 12.1 Å². The number of carbonyl (C=O) groups is 3. The van der Waals surface area contributed by atoms with Crippen LogP contribution in [0.5, 0.6) is 5.75 Å². The first-order valence-electron chi connectivity index (χ1n) is 9.56. The summed E-state index contributed by atoms with van der Waals surface area (Å²) >= 11 is 0. The number of aliphatic carboxylic acids is 2. The second-order valence-electron chi connectivity index (χ2n) is 6.83. The highest BCUT2D eigenvalue weighted by Gasteiger charge is 2.22. The Balaban J connectivity index is 0.000000534. The van der Waals surface area contributed by atoms with Gasteiger partial charge in [0.1, 0.15) is 5.75 Å². The van der Waals surface area contributed by atoms with Crippen molar-refractivity contribution in [3.63, 3.8) is 0 Å². The molecule has 1 amide bonds. The molecule has 0 spiro atoms. The Morgan fingerprint density at radius 3 is 1.91 bits per heavy atom. The molecular weight excluding hydrogens is 422 g/mol. The molecule has 2 N–H and O–H groups in total. The predicted octanol–water partition coefficient (Wildman–Crippen LogP) is 1.72. The minimum atomic E-state index is -1.82. The molecule has 1 heterocycles. The van der Waals surface area contributed by atoms with Crippen molar-refractivity contribution in [1.29, 1.82) is 0 Å². The molecule has 1 aliphatic rings. The monoisotopic (exact) mass is 445 g/mol. The second kappa shape index (κ2) is 11.4. The van der Waals surface area contributed by atoms with Crippen molar-refractivity contribution < 1.29 is 34.3 Å². The summed E-state index contributed by atoms with van der Waals surface area (Å²) in [6.45, 7) is 3.61. The van der Waals surface area contributed by atoms with Crippen molar-refractivity contribution in [1.82, 2.24) is 9.80 Å². The van der Waals surface area contributed by atoms with Crippen LogP contribution in [0.3, 0.4) is 0 Å². The van der Waals surface area contributed by atoms with E-state index in [-0.39, 0.29) is 11.6 Å². The number of rotatable bonds is 5. The Kier molecular flexibility index (Phi) is 8.66. The van der Waals surface area contributed by atoms with Crippen molar-refractivity contribution >= 4 is 23.5 Å². The summed E-state index contributed by atoms with van der Waals surface area (Å²) in [4.78, 5) is 45.2. The molecule has 0 saturated carbocycles. The van der Waals surface area contributed by atoms with Gasteiger partial charge in [0, 0.05) is 50.4 Å². The van der Waals surface area contributed by atoms with Crippen LogP contribution in [0.25, 0.3) is 0 Å². The lowest BCUT2D eigenvalue weighted by atomic mass is 10.1. The minimum absolute atomic E-state index is 0.0302. The number of benzene rings is 2. The first-order chi connectivity index (χ1) is 15.2. The Bertz CT molecular complexity index is 940. The molecule has 2 aromatic rings. The highest BCUT2D eigenvalue weighted by atomic mass is 16.6. The number of hydrogen-bond donors (Lipinski definition) is 2. The molecule has 1 aliphatic heterocycles. The van der Waals surface area contributed by atoms with Gasteiger partial charge in [-0.05, 0) is 29.8 Å². The summed E-state index contributed by atoms with van der Waals surface area (Å²) in [5.41, 5.74) is 1.80. The number of carboxylic acids is 2. The van der Waals surface area contributed by atoms with Gasteiger partial charge in [-0.2, -0.15) is 0 Å². The molecule has 0 radical (unpaired) electrons. The molecule has 0 aliphatic carbocycles. The predicted molar refractivity (Wildman–Crippen MR) is 113 cm³/mol. The summed E-state index contributed by atoms with van der Waals surface area (Å²) in [5.74, 6) is -2.89. The second-order valence-corrected chi connectivity index (χ2v) is 6.83. The molecule has 0 atom stereocenters. The molecule has 11 heteroatoms. The van der Waals surface area contributed by atoms with Gasteiger partial charge in [0.2, 0.25) is 0 Å². The molecule has 0 unspecified atom stereocenters. The molecule has 1 saturated heterocycles. The highest BCUT2D eigenvalue weighted by molar-refractivity contribution is 6.27. The van der Waals surface area contributed by atoms with Crippen molar-refractivity contribution in [3.05, 3.63) is 69.8 Å². The fourth-order valence-corrected chi connectivity index (χ4v) is 3.01. The average Bonchev–Trinajstić information content (AvgIpc) is 2.80. The lowest BCUT2D eigenvalue weighted by Crippen LogP contribution is -2.48. The number of piperazine rings is 1. The largest absolute Gasteiger partial charge is 0.497 e. The van der Waals surface area contributed by atoms with Crippen LogP contribution in [0.15, 0.2) is 48.5 Å². The van der Waals surface area contributed by atoms with Crippen LogP contribution in [-0.2, 0) is 16.1 Å². The Morgan fingerprint density at radius 1 is 0.938 bits per heavy atom. The van der Waals surface area contributed by atoms with Crippen LogP contribution in [0, 0.1) is 10.1 Å². The maximum absolute atomic E-state index is 12.6. The van der Waals surface area contributed by atoms with Gasteiger partial charge in [0.15, 0.2) is 0 Å². The van der Waals surface area contributed by atoms with E-state index in [0.717, 1.165) is 30.9 Å². The van der Waals surface area contributed by atoms with E-state index in [1.54, 1.807) is 43.5 Å². The Morgan fingerprint density at radius 2 is 1.47 bits per heavy atom. The van der Waals surface area contributed by atoms with Gasteiger partial charge < -0.3 is 19.8 Å². The maximum Gasteiger partial charge on any atom is 0.414 e. The van der Waals surface area contributed by atoms with Crippen LogP contribution in [0.1, 0.15) is 15.9 Å². The first-order valence-corrected chi connectivity index (χ1v) is 9.56. The van der Waals surface area contributed by atoms with Gasteiger partial charge in [-0.1, -0.05) is 12.1 Å². The smallest absolute Gasteiger partial charge is 0.414 e. The highest BCUT2D eigenvalue weighted by Crippen LogP contribution is 2.17. The summed E-state index contributed by atoms with van der Waals surface area (Å²) in [6, 6.07) is 13.8. The third kappa shape index (κ3) is 7.06. The number of amides is 1. The third-order valence-electron chi connectivity index (χ3n) is 4.73. The van der Waals surface area contributed by atoms with E-state index in [1.807, 2.05) is 4.90 Å². The van der Waals surface area contributed by atoms with Crippen molar-refractivity contribution in [2.75, 3.05) is 33.3 Å². The molecule has 1 fully saturated rings. The van der Waals surface area contributed by atoms with Crippen molar-refractivity contribution in [3.8, 4) is 5.75 Å². The molecule has 2 aromatic carbocycles. The van der Waals surface area contributed by atoms with Crippen LogP contribution in [0.2, 0.25) is 0 Å². The van der Waals surface area contributed by atoms with E-state index < -0.39 is 16.9 Å². The van der Waals surface area contributed by atoms with E-state index in [9.17, 15) is 14.9 Å². The van der Waals surface area contributed by atoms with Crippen LogP contribution in [0.4, 0.5) is 5.69 Å². The molecule has 0 bridgehead atoms. The number of nitrogens with zero attached hydrogens (tertiary/aromatic N) is 3. The zero-order valence-corrected chi connectivity index (χ0v) is 17.3. The molecule has 3 rings (SSSR count). The summed E-state index contributed by atoms with van der Waals surface area (Å²) in [7, 11) is 1.60. The fraction of sp³-hybridized carbons (Fsp3) is 0.286. The van der Waals surface area contributed by atoms with Gasteiger partial charge in [0.25, 0.3) is 11.6 Å². The van der Waals surface area contributed by atoms with Crippen molar-refractivity contribution in [2.24, 2.45) is 0 Å². The minimum Gasteiger partial charge on any atom is -0.497 e. The molecule has 0 aromatic heterocycles. The fourth-order valence-electron chi connectivity index (χ4n) is 3.01. The maximum atomic E-state index is 12.6. The Labute approximate surface area is 183 Å². The average molecular weight is 445 g/mol. The summed E-state index contributed by atoms with van der Waals surface area (Å²) in [5, 5.41) is 25.5. The number of carbonyl (C=O) groups excluding carboxylic acids is 1. The molecule has 170 valence electrons. The molecular formula is C21H23N3O8. The van der Waals surface area contributed by atoms with E-state index >= 15 is 0 Å². The SMILES string of the molecule is COc1ccc(C(=O)N2CCN(Cc3ccc([N+](=O)[O-])cc3)CC2)cc1.O=C(O)C(=O)O. The summed E-state index contributed by atoms with van der Waals surface area (Å²) < 4.78 is 5.12. The number of nitro benzene ring substituents is 1. The van der Waals surface area contributed by atoms with Crippen molar-refractivity contribution in [2.45, 2.75) is 6.54 Å². The van der Waals surface area contributed by atoms with Gasteiger partial charge in [-0.25, -0.2) is 9.59 Å². The lowest BCUT2D eigenvalue weighted by Gasteiger charge is -2.34. The quantitative estimate of drug-likeness (QED) is 0.398. The zero-order valence-electron chi connectivity index (χ0n) is 17.3. The standard InChI is InChI=1S/C19H21N3O4.C2H2O4/c1-26-18-8-4-16(5-9-18)19(23)21-12-10-20(11-13-21)14-15-2-6-17(7-3-15)22(24)25;3-1(4)2(5)6/h2-9H,10-14H2,1H3;(H,3,4)(H,5,6). The van der Waals surface area contributed by atoms with E-state index in [0.29, 0.717) is 18.7 Å². The van der Waals surface area contributed by atoms with Gasteiger partial charge in [0.05, 0.1) is 12.0 Å². The zero-order chi connectivity index (χ0) is 23.7. The first kappa shape index (κ1) is 24.3. The molecule has 32 heavy (non-hydrogen) atoms. The van der Waals surface area contributed by atoms with Gasteiger partial charge in [-0.3, -0.25) is 19.8 Å². The summed E-state index contributed by atoms with van der Waals surface area (Å²) in [6.07, 6.45) is 0. The number of nitro groups is 1. The van der Waals surface area contributed by atoms with E-state index in [4.69, 9.17) is 24.5 Å². The number of carboxylic acid groups (broad SMARTS) is 2. The van der Waals surface area contributed by atoms with E-state index in [2.05, 4.69) is 4.90 Å². The van der Waals surface area contributed by atoms with Crippen LogP contribution in [-0.4, -0.2) is 76.1 Å². The number of ether oxygens (including phenoxy) is 1. The van der Waals surface area contributed by atoms with Crippen LogP contribution < -0.4 is 4.74 Å². The normalized spacial score (nSPS) is 13.5. The molecule has 11 nitrogen and oxygen atoms in total.